The van der Waals surface area contributed by atoms with Crippen molar-refractivity contribution in [3.63, 3.8) is 0 Å². The van der Waals surface area contributed by atoms with E-state index in [0.29, 0.717) is 16.1 Å². The van der Waals surface area contributed by atoms with E-state index in [4.69, 9.17) is 16.4 Å². The van der Waals surface area contributed by atoms with E-state index in [1.165, 1.54) is 14.2 Å². The molecule has 0 bridgehead atoms. The van der Waals surface area contributed by atoms with Gasteiger partial charge in [0.1, 0.15) is 0 Å². The van der Waals surface area contributed by atoms with Crippen molar-refractivity contribution in [3.8, 4) is 11.8 Å². The highest BCUT2D eigenvalue weighted by Gasteiger charge is 2.15. The fourth-order valence-electron chi connectivity index (χ4n) is 1.72. The van der Waals surface area contributed by atoms with Crippen LogP contribution in [0.25, 0.3) is 0 Å². The van der Waals surface area contributed by atoms with Gasteiger partial charge in [0, 0.05) is 23.2 Å². The average molecular weight is 300 g/mol. The van der Waals surface area contributed by atoms with Crippen LogP contribution in [0.3, 0.4) is 0 Å². The lowest BCUT2D eigenvalue weighted by Gasteiger charge is -2.14. The molecule has 0 aromatic heterocycles. The molecule has 4 heteroatoms. The summed E-state index contributed by atoms with van der Waals surface area (Å²) in [5.41, 5.74) is 1.90. The summed E-state index contributed by atoms with van der Waals surface area (Å²) in [6.07, 6.45) is 0. The number of halogens is 1. The largest absolute Gasteiger partial charge is 0.278 e. The van der Waals surface area contributed by atoms with Gasteiger partial charge >= 0.3 is 0 Å². The molecule has 1 amide bonds. The van der Waals surface area contributed by atoms with Gasteiger partial charge < -0.3 is 0 Å². The summed E-state index contributed by atoms with van der Waals surface area (Å²) in [5.74, 6) is 5.74. The second kappa shape index (κ2) is 6.94. The van der Waals surface area contributed by atoms with Crippen LogP contribution in [0, 0.1) is 11.8 Å². The lowest BCUT2D eigenvalue weighted by atomic mass is 10.1. The van der Waals surface area contributed by atoms with Gasteiger partial charge in [-0.05, 0) is 30.3 Å². The number of benzene rings is 2. The molecule has 0 N–H and O–H groups in total. The van der Waals surface area contributed by atoms with Crippen LogP contribution in [0.2, 0.25) is 5.02 Å². The minimum Gasteiger partial charge on any atom is -0.274 e. The number of hydrogen-bond donors (Lipinski definition) is 0. The van der Waals surface area contributed by atoms with Crippen molar-refractivity contribution >= 4 is 17.5 Å². The third kappa shape index (κ3) is 3.85. The van der Waals surface area contributed by atoms with Gasteiger partial charge in [-0.3, -0.25) is 9.63 Å². The van der Waals surface area contributed by atoms with Gasteiger partial charge in [-0.2, -0.15) is 0 Å². The maximum absolute atomic E-state index is 12.2. The van der Waals surface area contributed by atoms with Crippen LogP contribution in [-0.4, -0.2) is 25.1 Å². The second-order valence-electron chi connectivity index (χ2n) is 4.29. The number of nitrogens with zero attached hydrogens (tertiary/aromatic N) is 1. The smallest absolute Gasteiger partial charge is 0.274 e. The fourth-order valence-corrected chi connectivity index (χ4v) is 1.89. The van der Waals surface area contributed by atoms with Crippen LogP contribution < -0.4 is 0 Å². The molecule has 0 fully saturated rings. The Balaban J connectivity index is 2.41. The Morgan fingerprint density at radius 1 is 1.14 bits per heavy atom. The van der Waals surface area contributed by atoms with Crippen LogP contribution in [0.5, 0.6) is 0 Å². The molecule has 0 aliphatic carbocycles. The molecule has 2 rings (SSSR count). The van der Waals surface area contributed by atoms with Gasteiger partial charge in [-0.25, -0.2) is 5.06 Å². The Labute approximate surface area is 129 Å². The third-order valence-electron chi connectivity index (χ3n) is 2.89. The molecule has 2 aromatic rings. The van der Waals surface area contributed by atoms with E-state index in [0.717, 1.165) is 10.6 Å². The van der Waals surface area contributed by atoms with E-state index in [2.05, 4.69) is 11.8 Å². The van der Waals surface area contributed by atoms with E-state index >= 15 is 0 Å². The molecular weight excluding hydrogens is 286 g/mol. The van der Waals surface area contributed by atoms with Crippen LogP contribution >= 0.6 is 11.6 Å². The molecule has 0 spiro atoms. The molecule has 0 heterocycles. The summed E-state index contributed by atoms with van der Waals surface area (Å²) in [7, 11) is 2.97. The zero-order valence-corrected chi connectivity index (χ0v) is 12.5. The molecule has 2 aromatic carbocycles. The summed E-state index contributed by atoms with van der Waals surface area (Å²) in [6, 6.07) is 14.6. The lowest BCUT2D eigenvalue weighted by molar-refractivity contribution is -0.0757. The van der Waals surface area contributed by atoms with Gasteiger partial charge in [0.15, 0.2) is 0 Å². The monoisotopic (exact) mass is 299 g/mol. The summed E-state index contributed by atoms with van der Waals surface area (Å²) in [5, 5.41) is 1.62. The van der Waals surface area contributed by atoms with E-state index in [1.54, 1.807) is 18.2 Å². The van der Waals surface area contributed by atoms with Crippen molar-refractivity contribution in [2.75, 3.05) is 14.2 Å². The van der Waals surface area contributed by atoms with Gasteiger partial charge in [-0.1, -0.05) is 41.6 Å². The number of hydroxylamine groups is 2. The predicted octanol–water partition coefficient (Wildman–Crippen LogP) is 3.37. The summed E-state index contributed by atoms with van der Waals surface area (Å²) >= 11 is 5.97. The summed E-state index contributed by atoms with van der Waals surface area (Å²) in [4.78, 5) is 17.2. The predicted molar refractivity (Wildman–Crippen MR) is 83.0 cm³/mol. The number of hydrogen-bond acceptors (Lipinski definition) is 2. The van der Waals surface area contributed by atoms with Crippen molar-refractivity contribution in [3.05, 3.63) is 70.2 Å². The molecule has 0 aliphatic heterocycles. The van der Waals surface area contributed by atoms with E-state index in [-0.39, 0.29) is 5.91 Å². The van der Waals surface area contributed by atoms with Gasteiger partial charge in [0.05, 0.1) is 12.7 Å². The number of rotatable bonds is 2. The lowest BCUT2D eigenvalue weighted by Crippen LogP contribution is -2.26. The minimum absolute atomic E-state index is 0.294. The SMILES string of the molecule is CON(C)C(=O)c1cc(Cl)ccc1C#Cc1ccccc1. The first-order valence-electron chi connectivity index (χ1n) is 6.30. The Morgan fingerprint density at radius 3 is 2.52 bits per heavy atom. The first-order chi connectivity index (χ1) is 10.1. The van der Waals surface area contributed by atoms with Gasteiger partial charge in [-0.15, -0.1) is 0 Å². The van der Waals surface area contributed by atoms with E-state index < -0.39 is 0 Å². The molecule has 0 unspecified atom stereocenters. The zero-order valence-electron chi connectivity index (χ0n) is 11.8. The molecule has 106 valence electrons. The van der Waals surface area contributed by atoms with Crippen molar-refractivity contribution in [2.45, 2.75) is 0 Å². The first-order valence-corrected chi connectivity index (χ1v) is 6.68. The molecule has 0 saturated carbocycles. The molecule has 0 saturated heterocycles. The molecular formula is C17H14ClNO2. The highest BCUT2D eigenvalue weighted by Crippen LogP contribution is 2.17. The Hall–Kier alpha value is -2.28. The van der Waals surface area contributed by atoms with Crippen LogP contribution in [0.1, 0.15) is 21.5 Å². The van der Waals surface area contributed by atoms with Crippen molar-refractivity contribution < 1.29 is 9.63 Å². The van der Waals surface area contributed by atoms with E-state index in [9.17, 15) is 4.79 Å². The Kier molecular flexibility index (Phi) is 4.99. The topological polar surface area (TPSA) is 29.5 Å². The molecule has 21 heavy (non-hydrogen) atoms. The molecule has 3 nitrogen and oxygen atoms in total. The van der Waals surface area contributed by atoms with Crippen molar-refractivity contribution in [1.29, 1.82) is 0 Å². The average Bonchev–Trinajstić information content (AvgIpc) is 2.53. The maximum Gasteiger partial charge on any atom is 0.278 e. The highest BCUT2D eigenvalue weighted by atomic mass is 35.5. The van der Waals surface area contributed by atoms with E-state index in [1.807, 2.05) is 30.3 Å². The first kappa shape index (κ1) is 15.1. The minimum atomic E-state index is -0.294. The van der Waals surface area contributed by atoms with Crippen molar-refractivity contribution in [1.82, 2.24) is 5.06 Å². The van der Waals surface area contributed by atoms with Gasteiger partial charge in [0.2, 0.25) is 0 Å². The normalized spacial score (nSPS) is 9.67. The molecule has 0 aliphatic rings. The molecule has 0 atom stereocenters. The van der Waals surface area contributed by atoms with Crippen molar-refractivity contribution in [2.24, 2.45) is 0 Å². The Bertz CT molecular complexity index is 702. The van der Waals surface area contributed by atoms with Gasteiger partial charge in [0.25, 0.3) is 5.91 Å². The van der Waals surface area contributed by atoms with Crippen LogP contribution in [0.15, 0.2) is 48.5 Å². The quantitative estimate of drug-likeness (QED) is 0.628. The zero-order chi connectivity index (χ0) is 15.2. The number of carbonyl (C=O) groups is 1. The fraction of sp³-hybridized carbons (Fsp3) is 0.118. The maximum atomic E-state index is 12.2. The highest BCUT2D eigenvalue weighted by molar-refractivity contribution is 6.31. The standard InChI is InChI=1S/C17H14ClNO2/c1-19(21-2)17(20)16-12-15(18)11-10-14(16)9-8-13-6-4-3-5-7-13/h3-7,10-12H,1-2H3. The summed E-state index contributed by atoms with van der Waals surface area (Å²) < 4.78 is 0. The van der Waals surface area contributed by atoms with Crippen LogP contribution in [-0.2, 0) is 4.84 Å². The number of amides is 1. The number of carbonyl (C=O) groups excluding carboxylic acids is 1. The summed E-state index contributed by atoms with van der Waals surface area (Å²) in [6.45, 7) is 0. The Morgan fingerprint density at radius 2 is 1.86 bits per heavy atom. The third-order valence-corrected chi connectivity index (χ3v) is 3.12. The van der Waals surface area contributed by atoms with Crippen LogP contribution in [0.4, 0.5) is 0 Å². The second-order valence-corrected chi connectivity index (χ2v) is 4.73. The molecule has 0 radical (unpaired) electrons.